The van der Waals surface area contributed by atoms with Crippen LogP contribution in [0.2, 0.25) is 0 Å². The summed E-state index contributed by atoms with van der Waals surface area (Å²) < 4.78 is 53.0. The Kier molecular flexibility index (Phi) is 7.16. The molecule has 1 aromatic rings. The Labute approximate surface area is 209 Å². The van der Waals surface area contributed by atoms with Crippen LogP contribution in [0.5, 0.6) is 0 Å². The van der Waals surface area contributed by atoms with Crippen LogP contribution in [0.3, 0.4) is 0 Å². The topological polar surface area (TPSA) is 99.3 Å². The summed E-state index contributed by atoms with van der Waals surface area (Å²) in [5.41, 5.74) is 2.47. The van der Waals surface area contributed by atoms with Gasteiger partial charge in [-0.2, -0.15) is 13.2 Å². The summed E-state index contributed by atoms with van der Waals surface area (Å²) in [7, 11) is 0. The third-order valence-electron chi connectivity index (χ3n) is 7.05. The summed E-state index contributed by atoms with van der Waals surface area (Å²) in [5, 5.41) is 0.358. The number of rotatable bonds is 5. The SMILES string of the molecule is CC1=C(Cc2ccc(F)c(C(=O)N3CCN(C4CCC4)C(=O)C3)c2)N(OC(=O)C(F)(F)F)NC(=O)C1C. The van der Waals surface area contributed by atoms with Gasteiger partial charge in [0.2, 0.25) is 11.8 Å². The molecule has 3 aliphatic rings. The standard InChI is InChI=1S/C24H26F4N4O5/c1-13-14(2)21(34)29-32(37-23(36)24(26,27)28)19(13)11-15-6-7-18(25)17(10-15)22(35)30-8-9-31(20(33)12-30)16-4-3-5-16/h6-7,10,14,16H,3-5,8-9,11-12H2,1-2H3,(H,29,34). The number of hydroxylamine groups is 1. The van der Waals surface area contributed by atoms with E-state index in [0.29, 0.717) is 22.9 Å². The maximum atomic E-state index is 14.7. The molecule has 1 N–H and O–H groups in total. The molecule has 9 nitrogen and oxygen atoms in total. The Morgan fingerprint density at radius 2 is 1.86 bits per heavy atom. The number of halogens is 4. The molecule has 13 heteroatoms. The molecule has 2 fully saturated rings. The monoisotopic (exact) mass is 526 g/mol. The first-order valence-corrected chi connectivity index (χ1v) is 11.8. The van der Waals surface area contributed by atoms with Crippen molar-refractivity contribution in [1.82, 2.24) is 20.4 Å². The molecule has 1 aromatic carbocycles. The average Bonchev–Trinajstić information content (AvgIpc) is 2.80. The number of benzene rings is 1. The fourth-order valence-corrected chi connectivity index (χ4v) is 4.45. The molecule has 1 saturated heterocycles. The second-order valence-electron chi connectivity index (χ2n) is 9.39. The van der Waals surface area contributed by atoms with Crippen LogP contribution in [-0.4, -0.2) is 70.5 Å². The fourth-order valence-electron chi connectivity index (χ4n) is 4.45. The minimum Gasteiger partial charge on any atom is -0.336 e. The maximum Gasteiger partial charge on any atom is 0.493 e. The Hall–Kier alpha value is -3.64. The number of hydrazine groups is 1. The van der Waals surface area contributed by atoms with Gasteiger partial charge in [-0.1, -0.05) is 6.07 Å². The maximum absolute atomic E-state index is 14.7. The molecular formula is C24H26F4N4O5. The second kappa shape index (κ2) is 10.0. The third-order valence-corrected chi connectivity index (χ3v) is 7.05. The van der Waals surface area contributed by atoms with Crippen molar-refractivity contribution >= 4 is 23.7 Å². The van der Waals surface area contributed by atoms with Crippen molar-refractivity contribution < 1.29 is 41.6 Å². The van der Waals surface area contributed by atoms with Gasteiger partial charge in [-0.25, -0.2) is 14.6 Å². The summed E-state index contributed by atoms with van der Waals surface area (Å²) in [6.45, 7) is 3.46. The van der Waals surface area contributed by atoms with Crippen molar-refractivity contribution in [2.24, 2.45) is 5.92 Å². The first kappa shape index (κ1) is 26.4. The Bertz CT molecular complexity index is 1160. The quantitative estimate of drug-likeness (QED) is 0.592. The van der Waals surface area contributed by atoms with E-state index in [9.17, 15) is 36.7 Å². The predicted molar refractivity (Wildman–Crippen MR) is 119 cm³/mol. The number of nitrogens with zero attached hydrogens (tertiary/aromatic N) is 3. The molecule has 0 bridgehead atoms. The molecule has 2 aliphatic heterocycles. The summed E-state index contributed by atoms with van der Waals surface area (Å²) in [6, 6.07) is 3.80. The number of piperazine rings is 1. The summed E-state index contributed by atoms with van der Waals surface area (Å²) >= 11 is 0. The van der Waals surface area contributed by atoms with E-state index >= 15 is 0 Å². The van der Waals surface area contributed by atoms with E-state index in [4.69, 9.17) is 0 Å². The van der Waals surface area contributed by atoms with Gasteiger partial charge in [0.25, 0.3) is 5.91 Å². The van der Waals surface area contributed by atoms with Crippen molar-refractivity contribution in [1.29, 1.82) is 0 Å². The first-order valence-electron chi connectivity index (χ1n) is 11.8. The highest BCUT2D eigenvalue weighted by Gasteiger charge is 2.44. The van der Waals surface area contributed by atoms with Gasteiger partial charge in [-0.3, -0.25) is 14.4 Å². The largest absolute Gasteiger partial charge is 0.493 e. The number of nitrogens with one attached hydrogen (secondary N) is 1. The van der Waals surface area contributed by atoms with Crippen LogP contribution in [0.1, 0.15) is 49.0 Å². The lowest BCUT2D eigenvalue weighted by atomic mass is 9.91. The molecule has 1 saturated carbocycles. The molecule has 3 amide bonds. The molecule has 0 spiro atoms. The van der Waals surface area contributed by atoms with Crippen molar-refractivity contribution in [2.75, 3.05) is 19.6 Å². The number of hydrogen-bond donors (Lipinski definition) is 1. The highest BCUT2D eigenvalue weighted by molar-refractivity contribution is 5.97. The van der Waals surface area contributed by atoms with E-state index in [1.165, 1.54) is 30.9 Å². The van der Waals surface area contributed by atoms with Crippen molar-refractivity contribution in [2.45, 2.75) is 51.7 Å². The predicted octanol–water partition coefficient (Wildman–Crippen LogP) is 2.48. The van der Waals surface area contributed by atoms with E-state index in [0.717, 1.165) is 25.3 Å². The van der Waals surface area contributed by atoms with E-state index in [1.54, 1.807) is 4.90 Å². The van der Waals surface area contributed by atoms with Crippen LogP contribution in [0.25, 0.3) is 0 Å². The number of hydrogen-bond acceptors (Lipinski definition) is 6. The first-order chi connectivity index (χ1) is 17.4. The summed E-state index contributed by atoms with van der Waals surface area (Å²) in [4.78, 5) is 56.6. The zero-order valence-corrected chi connectivity index (χ0v) is 20.2. The van der Waals surface area contributed by atoms with Gasteiger partial charge in [0, 0.05) is 25.6 Å². The molecule has 1 unspecified atom stereocenters. The van der Waals surface area contributed by atoms with Crippen LogP contribution in [-0.2, 0) is 25.6 Å². The smallest absolute Gasteiger partial charge is 0.336 e. The Balaban J connectivity index is 1.54. The third kappa shape index (κ3) is 5.39. The number of allylic oxidation sites excluding steroid dienone is 1. The van der Waals surface area contributed by atoms with Gasteiger partial charge in [-0.05, 0) is 56.4 Å². The molecule has 200 valence electrons. The van der Waals surface area contributed by atoms with Crippen LogP contribution in [0.4, 0.5) is 17.6 Å². The van der Waals surface area contributed by atoms with Crippen molar-refractivity contribution in [3.05, 3.63) is 46.4 Å². The normalized spacial score (nSPS) is 21.1. The van der Waals surface area contributed by atoms with Gasteiger partial charge in [-0.15, -0.1) is 5.17 Å². The van der Waals surface area contributed by atoms with E-state index in [-0.39, 0.29) is 42.7 Å². The van der Waals surface area contributed by atoms with Gasteiger partial charge < -0.3 is 14.6 Å². The lowest BCUT2D eigenvalue weighted by Gasteiger charge is -2.42. The zero-order chi connectivity index (χ0) is 27.1. The Morgan fingerprint density at radius 3 is 2.46 bits per heavy atom. The lowest BCUT2D eigenvalue weighted by Crippen LogP contribution is -2.56. The molecule has 2 heterocycles. The minimum atomic E-state index is -5.30. The molecular weight excluding hydrogens is 500 g/mol. The van der Waals surface area contributed by atoms with Gasteiger partial charge in [0.1, 0.15) is 12.4 Å². The van der Waals surface area contributed by atoms with Crippen molar-refractivity contribution in [3.8, 4) is 0 Å². The highest BCUT2D eigenvalue weighted by Crippen LogP contribution is 2.29. The fraction of sp³-hybridized carbons (Fsp3) is 0.500. The van der Waals surface area contributed by atoms with E-state index in [1.807, 2.05) is 0 Å². The zero-order valence-electron chi connectivity index (χ0n) is 20.2. The average molecular weight is 526 g/mol. The van der Waals surface area contributed by atoms with E-state index in [2.05, 4.69) is 10.3 Å². The number of carbonyl (C=O) groups is 4. The van der Waals surface area contributed by atoms with Crippen LogP contribution in [0.15, 0.2) is 29.5 Å². The molecule has 0 aromatic heterocycles. The van der Waals surface area contributed by atoms with Crippen LogP contribution < -0.4 is 5.43 Å². The van der Waals surface area contributed by atoms with Gasteiger partial charge in [0.05, 0.1) is 17.2 Å². The second-order valence-corrected chi connectivity index (χ2v) is 9.39. The molecule has 0 radical (unpaired) electrons. The number of alkyl halides is 3. The molecule has 1 aliphatic carbocycles. The Morgan fingerprint density at radius 1 is 1.16 bits per heavy atom. The van der Waals surface area contributed by atoms with Crippen LogP contribution in [0, 0.1) is 11.7 Å². The van der Waals surface area contributed by atoms with Gasteiger partial charge in [0.15, 0.2) is 0 Å². The summed E-state index contributed by atoms with van der Waals surface area (Å²) in [5.74, 6) is -5.66. The van der Waals surface area contributed by atoms with Crippen molar-refractivity contribution in [3.63, 3.8) is 0 Å². The molecule has 1 atom stereocenters. The summed E-state index contributed by atoms with van der Waals surface area (Å²) in [6.07, 6.45) is -2.57. The molecule has 4 rings (SSSR count). The lowest BCUT2D eigenvalue weighted by molar-refractivity contribution is -0.242. The van der Waals surface area contributed by atoms with Gasteiger partial charge >= 0.3 is 12.1 Å². The van der Waals surface area contributed by atoms with E-state index < -0.39 is 35.7 Å². The van der Waals surface area contributed by atoms with Crippen LogP contribution >= 0.6 is 0 Å². The highest BCUT2D eigenvalue weighted by atomic mass is 19.4. The molecule has 37 heavy (non-hydrogen) atoms. The number of amides is 3. The number of carbonyl (C=O) groups excluding carboxylic acids is 4. The minimum absolute atomic E-state index is 0.0268.